The molecule has 3 heterocycles. The number of ether oxygens (including phenoxy) is 1. The monoisotopic (exact) mass is 392 g/mol. The van der Waals surface area contributed by atoms with E-state index in [1.807, 2.05) is 6.92 Å². The molecule has 0 spiro atoms. The molecule has 0 atom stereocenters. The van der Waals surface area contributed by atoms with Crippen LogP contribution in [0.15, 0.2) is 18.2 Å². The van der Waals surface area contributed by atoms with Crippen LogP contribution in [0.5, 0.6) is 5.19 Å². The number of thiazole rings is 1. The van der Waals surface area contributed by atoms with E-state index in [-0.39, 0.29) is 17.5 Å². The maximum atomic E-state index is 13.8. The Bertz CT molecular complexity index is 1010. The van der Waals surface area contributed by atoms with Gasteiger partial charge in [-0.25, -0.2) is 8.78 Å². The molecule has 1 aliphatic rings. The second kappa shape index (κ2) is 6.88. The molecule has 0 radical (unpaired) electrons. The standard InChI is InChI=1S/C18H18F2N4O2S/c1-10-7-14(23(2)22-10)17(25)24-5-3-12(4-6-24)26-18-21-16-13(20)8-11(19)9-15(16)27-18/h7-9,12H,3-6H2,1-2H3. The fourth-order valence-electron chi connectivity index (χ4n) is 3.28. The summed E-state index contributed by atoms with van der Waals surface area (Å²) in [6.45, 7) is 2.97. The van der Waals surface area contributed by atoms with Gasteiger partial charge in [-0.3, -0.25) is 9.48 Å². The summed E-state index contributed by atoms with van der Waals surface area (Å²) in [5, 5.41) is 4.53. The highest BCUT2D eigenvalue weighted by molar-refractivity contribution is 7.20. The fraction of sp³-hybridized carbons (Fsp3) is 0.389. The first-order valence-corrected chi connectivity index (χ1v) is 9.44. The van der Waals surface area contributed by atoms with Gasteiger partial charge in [0, 0.05) is 39.0 Å². The molecule has 0 N–H and O–H groups in total. The lowest BCUT2D eigenvalue weighted by molar-refractivity contribution is 0.0585. The Morgan fingerprint density at radius 1 is 1.26 bits per heavy atom. The zero-order valence-corrected chi connectivity index (χ0v) is 15.7. The highest BCUT2D eigenvalue weighted by Gasteiger charge is 2.27. The number of aromatic nitrogens is 3. The van der Waals surface area contributed by atoms with Crippen LogP contribution < -0.4 is 4.74 Å². The van der Waals surface area contributed by atoms with Crippen molar-refractivity contribution in [1.29, 1.82) is 0 Å². The minimum absolute atomic E-state index is 0.0471. The fourth-order valence-corrected chi connectivity index (χ4v) is 4.20. The van der Waals surface area contributed by atoms with Gasteiger partial charge in [-0.05, 0) is 19.1 Å². The summed E-state index contributed by atoms with van der Waals surface area (Å²) in [6.07, 6.45) is 1.18. The van der Waals surface area contributed by atoms with E-state index in [0.717, 1.165) is 23.1 Å². The molecule has 3 aromatic rings. The third-order valence-corrected chi connectivity index (χ3v) is 5.50. The summed E-state index contributed by atoms with van der Waals surface area (Å²) in [5.74, 6) is -1.37. The van der Waals surface area contributed by atoms with E-state index in [1.165, 1.54) is 6.07 Å². The molecule has 4 rings (SSSR count). The molecule has 9 heteroatoms. The van der Waals surface area contributed by atoms with Gasteiger partial charge in [0.25, 0.3) is 11.1 Å². The Kier molecular flexibility index (Phi) is 4.55. The number of hydrogen-bond donors (Lipinski definition) is 0. The first kappa shape index (κ1) is 17.8. The zero-order chi connectivity index (χ0) is 19.1. The highest BCUT2D eigenvalue weighted by Crippen LogP contribution is 2.32. The van der Waals surface area contributed by atoms with Gasteiger partial charge < -0.3 is 9.64 Å². The van der Waals surface area contributed by atoms with Crippen LogP contribution in [0, 0.1) is 18.6 Å². The maximum absolute atomic E-state index is 13.8. The molecule has 2 aromatic heterocycles. The number of amides is 1. The lowest BCUT2D eigenvalue weighted by atomic mass is 10.1. The van der Waals surface area contributed by atoms with Crippen molar-refractivity contribution < 1.29 is 18.3 Å². The first-order chi connectivity index (χ1) is 12.9. The molecule has 142 valence electrons. The molecular formula is C18H18F2N4O2S. The summed E-state index contributed by atoms with van der Waals surface area (Å²) in [6, 6.07) is 3.84. The number of hydrogen-bond acceptors (Lipinski definition) is 5. The van der Waals surface area contributed by atoms with E-state index < -0.39 is 11.6 Å². The summed E-state index contributed by atoms with van der Waals surface area (Å²) < 4.78 is 35.0. The summed E-state index contributed by atoms with van der Waals surface area (Å²) in [7, 11) is 1.76. The summed E-state index contributed by atoms with van der Waals surface area (Å²) >= 11 is 1.12. The predicted molar refractivity (Wildman–Crippen MR) is 97.0 cm³/mol. The van der Waals surface area contributed by atoms with Crippen LogP contribution in [-0.2, 0) is 7.05 Å². The molecule has 27 heavy (non-hydrogen) atoms. The second-order valence-electron chi connectivity index (χ2n) is 6.62. The SMILES string of the molecule is Cc1cc(C(=O)N2CCC(Oc3nc4c(F)cc(F)cc4s3)CC2)n(C)n1. The number of benzene rings is 1. The maximum Gasteiger partial charge on any atom is 0.274 e. The van der Waals surface area contributed by atoms with E-state index in [1.54, 1.807) is 22.7 Å². The van der Waals surface area contributed by atoms with Crippen LogP contribution >= 0.6 is 11.3 Å². The van der Waals surface area contributed by atoms with E-state index in [4.69, 9.17) is 4.74 Å². The summed E-state index contributed by atoms with van der Waals surface area (Å²) in [4.78, 5) is 18.5. The topological polar surface area (TPSA) is 60.3 Å². The van der Waals surface area contributed by atoms with Crippen molar-refractivity contribution >= 4 is 27.5 Å². The molecule has 0 saturated carbocycles. The average Bonchev–Trinajstić information content (AvgIpc) is 3.17. The van der Waals surface area contributed by atoms with Crippen molar-refractivity contribution in [1.82, 2.24) is 19.7 Å². The molecule has 6 nitrogen and oxygen atoms in total. The molecule has 1 aromatic carbocycles. The van der Waals surface area contributed by atoms with Crippen LogP contribution in [0.4, 0.5) is 8.78 Å². The third kappa shape index (κ3) is 3.51. The molecule has 1 aliphatic heterocycles. The summed E-state index contributed by atoms with van der Waals surface area (Å²) in [5.41, 5.74) is 1.49. The van der Waals surface area contributed by atoms with Crippen LogP contribution in [0.2, 0.25) is 0 Å². The number of fused-ring (bicyclic) bond motifs is 1. The normalized spacial score (nSPS) is 15.5. The molecule has 0 aliphatic carbocycles. The number of aryl methyl sites for hydroxylation is 2. The number of nitrogens with zero attached hydrogens (tertiary/aromatic N) is 4. The molecule has 0 unspecified atom stereocenters. The number of rotatable bonds is 3. The molecule has 0 bridgehead atoms. The van der Waals surface area contributed by atoms with Crippen molar-refractivity contribution in [2.75, 3.05) is 13.1 Å². The molecule has 1 amide bonds. The minimum Gasteiger partial charge on any atom is -0.467 e. The van der Waals surface area contributed by atoms with Gasteiger partial charge in [0.2, 0.25) is 0 Å². The average molecular weight is 392 g/mol. The highest BCUT2D eigenvalue weighted by atomic mass is 32.1. The minimum atomic E-state index is -0.692. The van der Waals surface area contributed by atoms with E-state index >= 15 is 0 Å². The molecular weight excluding hydrogens is 374 g/mol. The first-order valence-electron chi connectivity index (χ1n) is 8.63. The van der Waals surface area contributed by atoms with Crippen molar-refractivity contribution in [2.24, 2.45) is 7.05 Å². The largest absolute Gasteiger partial charge is 0.467 e. The predicted octanol–water partition coefficient (Wildman–Crippen LogP) is 3.30. The number of likely N-dealkylation sites (tertiary alicyclic amines) is 1. The van der Waals surface area contributed by atoms with Crippen LogP contribution in [-0.4, -0.2) is 44.8 Å². The van der Waals surface area contributed by atoms with Crippen molar-refractivity contribution in [3.8, 4) is 5.19 Å². The lowest BCUT2D eigenvalue weighted by Crippen LogP contribution is -2.42. The van der Waals surface area contributed by atoms with Gasteiger partial charge in [-0.15, -0.1) is 0 Å². The Morgan fingerprint density at radius 2 is 2.00 bits per heavy atom. The number of piperidine rings is 1. The number of carbonyl (C=O) groups excluding carboxylic acids is 1. The second-order valence-corrected chi connectivity index (χ2v) is 7.61. The van der Waals surface area contributed by atoms with Crippen LogP contribution in [0.3, 0.4) is 0 Å². The Hall–Kier alpha value is -2.55. The van der Waals surface area contributed by atoms with Gasteiger partial charge in [-0.2, -0.15) is 10.1 Å². The van der Waals surface area contributed by atoms with Crippen molar-refractivity contribution in [3.63, 3.8) is 0 Å². The van der Waals surface area contributed by atoms with Crippen LogP contribution in [0.25, 0.3) is 10.2 Å². The zero-order valence-electron chi connectivity index (χ0n) is 14.9. The third-order valence-electron chi connectivity index (χ3n) is 4.61. The molecule has 1 fully saturated rings. The van der Waals surface area contributed by atoms with Gasteiger partial charge in [0.1, 0.15) is 23.1 Å². The number of carbonyl (C=O) groups is 1. The molecule has 1 saturated heterocycles. The Morgan fingerprint density at radius 3 is 2.67 bits per heavy atom. The Balaban J connectivity index is 1.40. The van der Waals surface area contributed by atoms with Gasteiger partial charge >= 0.3 is 0 Å². The van der Waals surface area contributed by atoms with E-state index in [2.05, 4.69) is 10.1 Å². The van der Waals surface area contributed by atoms with Gasteiger partial charge in [-0.1, -0.05) is 11.3 Å². The Labute approximate surface area is 158 Å². The van der Waals surface area contributed by atoms with Gasteiger partial charge in [0.15, 0.2) is 5.82 Å². The van der Waals surface area contributed by atoms with E-state index in [0.29, 0.717) is 41.5 Å². The smallest absolute Gasteiger partial charge is 0.274 e. The number of halogens is 2. The van der Waals surface area contributed by atoms with Gasteiger partial charge in [0.05, 0.1) is 10.4 Å². The quantitative estimate of drug-likeness (QED) is 0.686. The van der Waals surface area contributed by atoms with Crippen molar-refractivity contribution in [3.05, 3.63) is 41.2 Å². The lowest BCUT2D eigenvalue weighted by Gasteiger charge is -2.31. The van der Waals surface area contributed by atoms with Crippen molar-refractivity contribution in [2.45, 2.75) is 25.9 Å². The van der Waals surface area contributed by atoms with Crippen LogP contribution in [0.1, 0.15) is 29.0 Å². The van der Waals surface area contributed by atoms with E-state index in [9.17, 15) is 13.6 Å².